The second-order valence-corrected chi connectivity index (χ2v) is 14.3. The van der Waals surface area contributed by atoms with Crippen molar-refractivity contribution in [3.8, 4) is 0 Å². The highest BCUT2D eigenvalue weighted by Gasteiger charge is 2.67. The smallest absolute Gasteiger partial charge is 0.274 e. The minimum atomic E-state index is -4.33. The highest BCUT2D eigenvalue weighted by Crippen LogP contribution is 2.53. The third-order valence-corrected chi connectivity index (χ3v) is 12.6. The standard InChI is InChI=1S/C23H26F2N6O5S2/c1-22(17-11-15(4-7-18(17)25)28-20(32)19-8-3-14(24)12-27-19)23(38(35,36)30(2)21(26)29-22)9-10-31(13-23)37(33,34)16-5-6-16/h3-4,7-8,11-12,16H,5-6,9-10,13H2,1-2H3,(H2,26,29)(H,28,32)/t22-,23-/m1/s1. The van der Waals surface area contributed by atoms with Crippen molar-refractivity contribution in [2.24, 2.45) is 10.7 Å². The van der Waals surface area contributed by atoms with E-state index in [1.807, 2.05) is 0 Å². The Labute approximate surface area is 218 Å². The Balaban J connectivity index is 1.60. The van der Waals surface area contributed by atoms with Gasteiger partial charge in [0.15, 0.2) is 0 Å². The number of hydrogen-bond acceptors (Lipinski definition) is 8. The maximum absolute atomic E-state index is 15.5. The number of aromatic nitrogens is 1. The normalized spacial score (nSPS) is 27.4. The number of rotatable bonds is 5. The zero-order valence-corrected chi connectivity index (χ0v) is 22.2. The van der Waals surface area contributed by atoms with Crippen molar-refractivity contribution in [2.45, 2.75) is 41.7 Å². The van der Waals surface area contributed by atoms with Crippen LogP contribution < -0.4 is 11.1 Å². The molecule has 38 heavy (non-hydrogen) atoms. The molecule has 11 nitrogen and oxygen atoms in total. The van der Waals surface area contributed by atoms with E-state index in [0.29, 0.717) is 12.8 Å². The minimum Gasteiger partial charge on any atom is -0.369 e. The van der Waals surface area contributed by atoms with Crippen LogP contribution in [0.3, 0.4) is 0 Å². The Hall–Kier alpha value is -3.17. The van der Waals surface area contributed by atoms with Crippen molar-refractivity contribution in [1.82, 2.24) is 13.6 Å². The van der Waals surface area contributed by atoms with E-state index in [1.54, 1.807) is 0 Å². The van der Waals surface area contributed by atoms with Gasteiger partial charge in [0.05, 0.1) is 11.4 Å². The van der Waals surface area contributed by atoms with Crippen LogP contribution >= 0.6 is 0 Å². The van der Waals surface area contributed by atoms with Gasteiger partial charge in [0, 0.05) is 31.4 Å². The van der Waals surface area contributed by atoms with Crippen LogP contribution in [0.15, 0.2) is 41.5 Å². The van der Waals surface area contributed by atoms with Gasteiger partial charge in [0.25, 0.3) is 5.91 Å². The van der Waals surface area contributed by atoms with Crippen LogP contribution in [0.4, 0.5) is 14.5 Å². The lowest BCUT2D eigenvalue weighted by molar-refractivity contribution is 0.102. The summed E-state index contributed by atoms with van der Waals surface area (Å²) in [6, 6.07) is 5.80. The number of hydrogen-bond donors (Lipinski definition) is 2. The average Bonchev–Trinajstić information content (AvgIpc) is 3.62. The number of aliphatic imine (C=N–C) groups is 1. The van der Waals surface area contributed by atoms with E-state index < -0.39 is 59.7 Å². The monoisotopic (exact) mass is 568 g/mol. The van der Waals surface area contributed by atoms with E-state index in [4.69, 9.17) is 5.73 Å². The lowest BCUT2D eigenvalue weighted by atomic mass is 9.78. The third-order valence-electron chi connectivity index (χ3n) is 7.61. The van der Waals surface area contributed by atoms with Gasteiger partial charge in [-0.1, -0.05) is 0 Å². The van der Waals surface area contributed by atoms with Crippen molar-refractivity contribution >= 4 is 37.6 Å². The molecular weight excluding hydrogens is 542 g/mol. The summed E-state index contributed by atoms with van der Waals surface area (Å²) in [5, 5.41) is 1.98. The van der Waals surface area contributed by atoms with Crippen LogP contribution in [0.25, 0.3) is 0 Å². The van der Waals surface area contributed by atoms with Crippen LogP contribution in [0.5, 0.6) is 0 Å². The van der Waals surface area contributed by atoms with Gasteiger partial charge in [0.2, 0.25) is 26.0 Å². The summed E-state index contributed by atoms with van der Waals surface area (Å²) in [5.74, 6) is -2.53. The van der Waals surface area contributed by atoms with E-state index in [0.717, 1.165) is 26.9 Å². The molecule has 3 N–H and O–H groups in total. The summed E-state index contributed by atoms with van der Waals surface area (Å²) in [5.41, 5.74) is 3.95. The molecule has 1 saturated heterocycles. The number of carbonyl (C=O) groups is 1. The van der Waals surface area contributed by atoms with Crippen molar-refractivity contribution in [3.05, 3.63) is 59.4 Å². The summed E-state index contributed by atoms with van der Waals surface area (Å²) in [4.78, 5) is 20.8. The van der Waals surface area contributed by atoms with E-state index >= 15 is 4.39 Å². The molecule has 5 rings (SSSR count). The number of halogens is 2. The number of carbonyl (C=O) groups excluding carboxylic acids is 1. The Kier molecular flexibility index (Phi) is 6.04. The predicted octanol–water partition coefficient (Wildman–Crippen LogP) is 1.35. The summed E-state index contributed by atoms with van der Waals surface area (Å²) in [6.45, 7) is 0.899. The summed E-state index contributed by atoms with van der Waals surface area (Å²) in [6.07, 6.45) is 1.73. The number of nitrogens with two attached hydrogens (primary N) is 1. The molecule has 1 spiro atoms. The molecule has 2 aliphatic heterocycles. The van der Waals surface area contributed by atoms with Crippen molar-refractivity contribution in [3.63, 3.8) is 0 Å². The van der Waals surface area contributed by atoms with Gasteiger partial charge in [-0.3, -0.25) is 4.79 Å². The summed E-state index contributed by atoms with van der Waals surface area (Å²) in [7, 11) is -6.85. The van der Waals surface area contributed by atoms with Crippen LogP contribution in [0.1, 0.15) is 42.2 Å². The molecule has 0 radical (unpaired) electrons. The number of pyridine rings is 1. The van der Waals surface area contributed by atoms with Crippen molar-refractivity contribution in [2.75, 3.05) is 25.5 Å². The first-order valence-corrected chi connectivity index (χ1v) is 14.7. The molecule has 3 aliphatic rings. The van der Waals surface area contributed by atoms with Gasteiger partial charge < -0.3 is 11.1 Å². The first-order valence-electron chi connectivity index (χ1n) is 11.8. The Bertz CT molecular complexity index is 1560. The summed E-state index contributed by atoms with van der Waals surface area (Å²) < 4.78 is 82.6. The maximum atomic E-state index is 15.5. The largest absolute Gasteiger partial charge is 0.369 e. The fraction of sp³-hybridized carbons (Fsp3) is 0.435. The molecule has 1 amide bonds. The van der Waals surface area contributed by atoms with Gasteiger partial charge in [0.1, 0.15) is 27.6 Å². The van der Waals surface area contributed by atoms with Gasteiger partial charge in [-0.25, -0.2) is 39.9 Å². The molecule has 1 aromatic heterocycles. The Morgan fingerprint density at radius 3 is 2.55 bits per heavy atom. The first-order chi connectivity index (χ1) is 17.7. The minimum absolute atomic E-state index is 0.0782. The molecule has 2 aromatic rings. The maximum Gasteiger partial charge on any atom is 0.274 e. The Morgan fingerprint density at radius 2 is 1.92 bits per heavy atom. The molecular formula is C23H26F2N6O5S2. The second-order valence-electron chi connectivity index (χ2n) is 9.85. The van der Waals surface area contributed by atoms with Gasteiger partial charge in [-0.05, 0) is 56.5 Å². The second kappa shape index (κ2) is 8.68. The zero-order chi connectivity index (χ0) is 27.7. The van der Waals surface area contributed by atoms with Crippen molar-refractivity contribution in [1.29, 1.82) is 0 Å². The topological polar surface area (TPSA) is 155 Å². The van der Waals surface area contributed by atoms with Crippen LogP contribution in [-0.2, 0) is 25.6 Å². The van der Waals surface area contributed by atoms with Crippen LogP contribution in [-0.4, -0.2) is 72.4 Å². The molecule has 1 aliphatic carbocycles. The third kappa shape index (κ3) is 3.86. The number of sulfonamides is 2. The number of nitrogens with zero attached hydrogens (tertiary/aromatic N) is 4. The van der Waals surface area contributed by atoms with Gasteiger partial charge in [-0.2, -0.15) is 4.31 Å². The summed E-state index contributed by atoms with van der Waals surface area (Å²) >= 11 is 0. The predicted molar refractivity (Wildman–Crippen MR) is 135 cm³/mol. The number of benzene rings is 1. The lowest BCUT2D eigenvalue weighted by Gasteiger charge is -2.48. The molecule has 2 atom stereocenters. The van der Waals surface area contributed by atoms with E-state index in [-0.39, 0.29) is 35.9 Å². The quantitative estimate of drug-likeness (QED) is 0.552. The Morgan fingerprint density at radius 1 is 1.21 bits per heavy atom. The fourth-order valence-corrected chi connectivity index (χ4v) is 9.29. The highest BCUT2D eigenvalue weighted by atomic mass is 32.2. The molecule has 1 saturated carbocycles. The van der Waals surface area contributed by atoms with Crippen molar-refractivity contribution < 1.29 is 30.4 Å². The van der Waals surface area contributed by atoms with Crippen LogP contribution in [0.2, 0.25) is 0 Å². The first kappa shape index (κ1) is 26.4. The van der Waals surface area contributed by atoms with E-state index in [1.165, 1.54) is 32.2 Å². The molecule has 0 bridgehead atoms. The van der Waals surface area contributed by atoms with Crippen LogP contribution in [0, 0.1) is 11.6 Å². The molecule has 2 fully saturated rings. The molecule has 204 valence electrons. The molecule has 3 heterocycles. The molecule has 1 aromatic carbocycles. The highest BCUT2D eigenvalue weighted by molar-refractivity contribution is 7.91. The van der Waals surface area contributed by atoms with E-state index in [9.17, 15) is 26.0 Å². The molecule has 15 heteroatoms. The number of nitrogens with one attached hydrogen (secondary N) is 1. The zero-order valence-electron chi connectivity index (χ0n) is 20.6. The molecule has 0 unspecified atom stereocenters. The number of guanidine groups is 1. The number of amides is 1. The number of anilines is 1. The lowest BCUT2D eigenvalue weighted by Crippen LogP contribution is -2.66. The SMILES string of the molecule is CN1C(N)=N[C@](C)(c2cc(NC(=O)c3ccc(F)cn3)ccc2F)[C@]2(CCN(S(=O)(=O)C3CC3)C2)S1(=O)=O. The fourth-order valence-electron chi connectivity index (χ4n) is 5.17. The van der Waals surface area contributed by atoms with E-state index in [2.05, 4.69) is 15.3 Å². The van der Waals surface area contributed by atoms with Gasteiger partial charge >= 0.3 is 0 Å². The average molecular weight is 569 g/mol. The van der Waals surface area contributed by atoms with Gasteiger partial charge in [-0.15, -0.1) is 0 Å².